The van der Waals surface area contributed by atoms with Crippen LogP contribution in [0.15, 0.2) is 11.8 Å². The molecule has 2 nitrogen and oxygen atoms in total. The van der Waals surface area contributed by atoms with Crippen molar-refractivity contribution in [3.63, 3.8) is 0 Å². The molecule has 1 N–H and O–H groups in total. The van der Waals surface area contributed by atoms with Crippen LogP contribution in [0.25, 0.3) is 0 Å². The molecule has 0 unspecified atom stereocenters. The Morgan fingerprint density at radius 3 is 2.67 bits per heavy atom. The minimum atomic E-state index is -0.317. The maximum atomic E-state index is 9.05. The second kappa shape index (κ2) is 2.44. The summed E-state index contributed by atoms with van der Waals surface area (Å²) in [6.45, 7) is 4.85. The molecule has 0 bridgehead atoms. The fourth-order valence-corrected chi connectivity index (χ4v) is 1.01. The summed E-state index contributed by atoms with van der Waals surface area (Å²) < 4.78 is 0. The SMILES string of the molecule is CB(O)N1C=C(C)CC1. The van der Waals surface area contributed by atoms with Gasteiger partial charge in [-0.05, 0) is 26.4 Å². The molecule has 1 heterocycles. The highest BCUT2D eigenvalue weighted by Gasteiger charge is 2.16. The first-order valence-electron chi connectivity index (χ1n) is 3.31. The number of rotatable bonds is 1. The molecule has 1 aliphatic heterocycles. The van der Waals surface area contributed by atoms with Crippen LogP contribution in [0.3, 0.4) is 0 Å². The molecule has 0 saturated carbocycles. The molecule has 1 aliphatic rings. The highest BCUT2D eigenvalue weighted by molar-refractivity contribution is 6.45. The van der Waals surface area contributed by atoms with Gasteiger partial charge in [0, 0.05) is 6.54 Å². The standard InChI is InChI=1S/C6H12BNO/c1-6-3-4-8(5-6)7(2)9/h5,9H,3-4H2,1-2H3. The predicted molar refractivity (Wildman–Crippen MR) is 38.9 cm³/mol. The van der Waals surface area contributed by atoms with Crippen molar-refractivity contribution in [3.05, 3.63) is 11.8 Å². The molecule has 0 aliphatic carbocycles. The monoisotopic (exact) mass is 125 g/mol. The van der Waals surface area contributed by atoms with E-state index in [1.54, 1.807) is 6.82 Å². The van der Waals surface area contributed by atoms with Gasteiger partial charge in [-0.1, -0.05) is 5.57 Å². The van der Waals surface area contributed by atoms with Gasteiger partial charge in [0.05, 0.1) is 0 Å². The first-order valence-corrected chi connectivity index (χ1v) is 3.31. The van der Waals surface area contributed by atoms with Crippen LogP contribution in [-0.4, -0.2) is 23.4 Å². The Kier molecular flexibility index (Phi) is 1.81. The van der Waals surface area contributed by atoms with Crippen molar-refractivity contribution < 1.29 is 5.02 Å². The van der Waals surface area contributed by atoms with E-state index >= 15 is 0 Å². The number of hydrogen-bond donors (Lipinski definition) is 1. The summed E-state index contributed by atoms with van der Waals surface area (Å²) in [5.74, 6) is 0. The van der Waals surface area contributed by atoms with Gasteiger partial charge in [0.15, 0.2) is 0 Å². The van der Waals surface area contributed by atoms with Crippen molar-refractivity contribution in [2.24, 2.45) is 0 Å². The third kappa shape index (κ3) is 1.48. The molecular weight excluding hydrogens is 113 g/mol. The van der Waals surface area contributed by atoms with Crippen molar-refractivity contribution in [2.45, 2.75) is 20.2 Å². The van der Waals surface area contributed by atoms with Gasteiger partial charge in [0.25, 0.3) is 0 Å². The van der Waals surface area contributed by atoms with Crippen molar-refractivity contribution in [2.75, 3.05) is 6.54 Å². The lowest BCUT2D eigenvalue weighted by Crippen LogP contribution is -2.30. The van der Waals surface area contributed by atoms with E-state index in [4.69, 9.17) is 5.02 Å². The zero-order chi connectivity index (χ0) is 6.85. The van der Waals surface area contributed by atoms with E-state index in [0.29, 0.717) is 0 Å². The summed E-state index contributed by atoms with van der Waals surface area (Å²) in [4.78, 5) is 1.94. The highest BCUT2D eigenvalue weighted by Crippen LogP contribution is 2.12. The van der Waals surface area contributed by atoms with Gasteiger partial charge in [-0.3, -0.25) is 0 Å². The molecular formula is C6H12BNO. The van der Waals surface area contributed by atoms with Gasteiger partial charge in [-0.15, -0.1) is 0 Å². The van der Waals surface area contributed by atoms with E-state index in [1.165, 1.54) is 5.57 Å². The van der Waals surface area contributed by atoms with Crippen LogP contribution in [0.1, 0.15) is 13.3 Å². The maximum absolute atomic E-state index is 9.05. The normalized spacial score (nSPS) is 18.1. The quantitative estimate of drug-likeness (QED) is 0.521. The second-order valence-electron chi connectivity index (χ2n) is 2.60. The molecule has 1 rings (SSSR count). The van der Waals surface area contributed by atoms with Crippen molar-refractivity contribution >= 4 is 7.05 Å². The van der Waals surface area contributed by atoms with Gasteiger partial charge in [0.2, 0.25) is 0 Å². The van der Waals surface area contributed by atoms with E-state index in [9.17, 15) is 0 Å². The molecule has 0 saturated heterocycles. The van der Waals surface area contributed by atoms with Crippen LogP contribution in [0.2, 0.25) is 6.82 Å². The maximum Gasteiger partial charge on any atom is 0.409 e. The Morgan fingerprint density at radius 2 is 2.44 bits per heavy atom. The van der Waals surface area contributed by atoms with Gasteiger partial charge >= 0.3 is 7.05 Å². The predicted octanol–water partition coefficient (Wildman–Crippen LogP) is 0.706. The third-order valence-electron chi connectivity index (χ3n) is 1.63. The molecule has 0 aromatic carbocycles. The van der Waals surface area contributed by atoms with E-state index in [0.717, 1.165) is 13.0 Å². The summed E-state index contributed by atoms with van der Waals surface area (Å²) in [7, 11) is -0.317. The lowest BCUT2D eigenvalue weighted by atomic mass is 9.86. The lowest BCUT2D eigenvalue weighted by molar-refractivity contribution is 0.466. The molecule has 0 atom stereocenters. The smallest absolute Gasteiger partial charge is 0.409 e. The Bertz CT molecular complexity index is 133. The Labute approximate surface area is 56.3 Å². The second-order valence-corrected chi connectivity index (χ2v) is 2.60. The summed E-state index contributed by atoms with van der Waals surface area (Å²) >= 11 is 0. The van der Waals surface area contributed by atoms with Crippen LogP contribution in [0.4, 0.5) is 0 Å². The zero-order valence-corrected chi connectivity index (χ0v) is 5.96. The third-order valence-corrected chi connectivity index (χ3v) is 1.63. The van der Waals surface area contributed by atoms with Crippen LogP contribution in [0.5, 0.6) is 0 Å². The average molecular weight is 125 g/mol. The molecule has 0 amide bonds. The number of hydrogen-bond acceptors (Lipinski definition) is 2. The van der Waals surface area contributed by atoms with Gasteiger partial charge < -0.3 is 9.83 Å². The lowest BCUT2D eigenvalue weighted by Gasteiger charge is -2.14. The summed E-state index contributed by atoms with van der Waals surface area (Å²) in [6, 6.07) is 0. The van der Waals surface area contributed by atoms with E-state index < -0.39 is 0 Å². The first kappa shape index (κ1) is 6.68. The van der Waals surface area contributed by atoms with Crippen LogP contribution in [0, 0.1) is 0 Å². The van der Waals surface area contributed by atoms with Gasteiger partial charge in [0.1, 0.15) is 0 Å². The van der Waals surface area contributed by atoms with Crippen LogP contribution >= 0.6 is 0 Å². The van der Waals surface area contributed by atoms with Crippen LogP contribution < -0.4 is 0 Å². The van der Waals surface area contributed by atoms with E-state index in [-0.39, 0.29) is 7.05 Å². The summed E-state index contributed by atoms with van der Waals surface area (Å²) in [5, 5.41) is 9.05. The van der Waals surface area contributed by atoms with E-state index in [1.807, 2.05) is 11.0 Å². The van der Waals surface area contributed by atoms with E-state index in [2.05, 4.69) is 6.92 Å². The largest absolute Gasteiger partial charge is 0.432 e. The molecule has 0 radical (unpaired) electrons. The first-order chi connectivity index (χ1) is 4.20. The van der Waals surface area contributed by atoms with Crippen molar-refractivity contribution in [1.82, 2.24) is 4.81 Å². The van der Waals surface area contributed by atoms with Crippen molar-refractivity contribution in [3.8, 4) is 0 Å². The number of nitrogens with zero attached hydrogens (tertiary/aromatic N) is 1. The molecule has 0 aromatic rings. The molecule has 9 heavy (non-hydrogen) atoms. The minimum Gasteiger partial charge on any atom is -0.432 e. The van der Waals surface area contributed by atoms with Gasteiger partial charge in [-0.25, -0.2) is 0 Å². The average Bonchev–Trinajstić information content (AvgIpc) is 2.14. The zero-order valence-electron chi connectivity index (χ0n) is 5.96. The fourth-order valence-electron chi connectivity index (χ4n) is 1.01. The summed E-state index contributed by atoms with van der Waals surface area (Å²) in [5.41, 5.74) is 1.36. The highest BCUT2D eigenvalue weighted by atomic mass is 16.2. The fraction of sp³-hybridized carbons (Fsp3) is 0.667. The molecule has 3 heteroatoms. The Hall–Kier alpha value is -0.435. The van der Waals surface area contributed by atoms with Crippen LogP contribution in [-0.2, 0) is 0 Å². The molecule has 0 aromatic heterocycles. The Morgan fingerprint density at radius 1 is 1.78 bits per heavy atom. The topological polar surface area (TPSA) is 23.5 Å². The molecule has 0 fully saturated rings. The molecule has 50 valence electrons. The van der Waals surface area contributed by atoms with Crippen molar-refractivity contribution in [1.29, 1.82) is 0 Å². The summed E-state index contributed by atoms with van der Waals surface area (Å²) in [6.07, 6.45) is 3.12. The minimum absolute atomic E-state index is 0.317. The van der Waals surface area contributed by atoms with Gasteiger partial charge in [-0.2, -0.15) is 0 Å². The Balaban J connectivity index is 2.47. The molecule has 0 spiro atoms.